The second-order valence-corrected chi connectivity index (χ2v) is 8.84. The summed E-state index contributed by atoms with van der Waals surface area (Å²) in [6, 6.07) is 16.7. The topological polar surface area (TPSA) is 60.2 Å². The molecular weight excluding hydrogens is 360 g/mol. The number of hydrogen-bond donors (Lipinski definition) is 0. The molecule has 5 heteroatoms. The number of carbonyl (C=O) groups excluding carboxylic acids is 1. The molecule has 2 saturated heterocycles. The highest BCUT2D eigenvalue weighted by Gasteiger charge is 2.49. The number of likely N-dealkylation sites (tertiary alicyclic amines) is 1. The molecule has 148 valence electrons. The van der Waals surface area contributed by atoms with Gasteiger partial charge in [-0.2, -0.15) is 5.26 Å². The first kappa shape index (κ1) is 18.2. The number of rotatable bonds is 3. The number of carbonyl (C=O) groups is 1. The van der Waals surface area contributed by atoms with E-state index in [-0.39, 0.29) is 11.3 Å². The first-order valence-electron chi connectivity index (χ1n) is 10.6. The Kier molecular flexibility index (Phi) is 4.50. The summed E-state index contributed by atoms with van der Waals surface area (Å²) in [5, 5.41) is 9.42. The highest BCUT2D eigenvalue weighted by molar-refractivity contribution is 5.85. The average Bonchev–Trinajstić information content (AvgIpc) is 3.62. The van der Waals surface area contributed by atoms with Crippen LogP contribution in [0.15, 0.2) is 48.7 Å². The van der Waals surface area contributed by atoms with Gasteiger partial charge in [0, 0.05) is 31.9 Å². The van der Waals surface area contributed by atoms with Gasteiger partial charge >= 0.3 is 0 Å². The van der Waals surface area contributed by atoms with Gasteiger partial charge in [0.1, 0.15) is 11.9 Å². The highest BCUT2D eigenvalue weighted by Crippen LogP contribution is 2.48. The zero-order chi connectivity index (χ0) is 19.8. The Bertz CT molecular complexity index is 939. The molecule has 0 radical (unpaired) electrons. The summed E-state index contributed by atoms with van der Waals surface area (Å²) in [4.78, 5) is 22.2. The van der Waals surface area contributed by atoms with Gasteiger partial charge in [0.2, 0.25) is 5.91 Å². The van der Waals surface area contributed by atoms with Gasteiger partial charge in [-0.25, -0.2) is 4.98 Å². The van der Waals surface area contributed by atoms with Crippen molar-refractivity contribution in [2.75, 3.05) is 24.5 Å². The molecule has 3 fully saturated rings. The average molecular weight is 386 g/mol. The van der Waals surface area contributed by atoms with Crippen molar-refractivity contribution in [1.82, 2.24) is 9.88 Å². The Morgan fingerprint density at radius 3 is 2.52 bits per heavy atom. The lowest BCUT2D eigenvalue weighted by Gasteiger charge is -2.50. The Hall–Kier alpha value is -2.87. The van der Waals surface area contributed by atoms with E-state index in [2.05, 4.69) is 33.0 Å². The highest BCUT2D eigenvalue weighted by atomic mass is 16.2. The predicted octanol–water partition coefficient (Wildman–Crippen LogP) is 3.72. The summed E-state index contributed by atoms with van der Waals surface area (Å²) in [7, 11) is 0. The minimum Gasteiger partial charge on any atom is -0.355 e. The normalized spacial score (nSPS) is 23.8. The zero-order valence-corrected chi connectivity index (χ0v) is 16.6. The third-order valence-electron chi connectivity index (χ3n) is 6.94. The van der Waals surface area contributed by atoms with Crippen molar-refractivity contribution >= 4 is 11.7 Å². The van der Waals surface area contributed by atoms with Crippen molar-refractivity contribution in [3.63, 3.8) is 0 Å². The molecule has 1 atom stereocenters. The van der Waals surface area contributed by atoms with E-state index in [1.54, 1.807) is 6.20 Å². The molecule has 1 aromatic carbocycles. The van der Waals surface area contributed by atoms with Crippen LogP contribution in [0.25, 0.3) is 0 Å². The summed E-state index contributed by atoms with van der Waals surface area (Å²) in [6.07, 6.45) is 7.06. The number of nitriles is 1. The van der Waals surface area contributed by atoms with Crippen LogP contribution >= 0.6 is 0 Å². The Balaban J connectivity index is 1.39. The van der Waals surface area contributed by atoms with Crippen molar-refractivity contribution in [3.8, 4) is 6.07 Å². The lowest BCUT2D eigenvalue weighted by molar-refractivity contribution is -0.141. The number of anilines is 1. The molecule has 0 N–H and O–H groups in total. The molecule has 3 aliphatic rings. The maximum absolute atomic E-state index is 13.3. The second-order valence-electron chi connectivity index (χ2n) is 8.84. The Morgan fingerprint density at radius 1 is 1.07 bits per heavy atom. The molecule has 5 rings (SSSR count). The number of pyridine rings is 1. The number of hydrogen-bond acceptors (Lipinski definition) is 4. The fourth-order valence-electron chi connectivity index (χ4n) is 5.16. The molecule has 1 saturated carbocycles. The standard InChI is InChI=1S/C24H26N4O/c25-16-19-7-4-12-26-22(19)27-13-10-24(11-14-27)15-21(18-5-2-1-3-6-18)23(29)28(17-24)20-8-9-20/h1-7,12,20-21H,8-11,13-15,17H2/t21-/m0/s1. The molecule has 2 aromatic rings. The summed E-state index contributed by atoms with van der Waals surface area (Å²) in [6.45, 7) is 2.67. The van der Waals surface area contributed by atoms with E-state index in [9.17, 15) is 10.1 Å². The van der Waals surface area contributed by atoms with Crippen molar-refractivity contribution < 1.29 is 4.79 Å². The smallest absolute Gasteiger partial charge is 0.230 e. The summed E-state index contributed by atoms with van der Waals surface area (Å²) >= 11 is 0. The zero-order valence-electron chi connectivity index (χ0n) is 16.6. The fraction of sp³-hybridized carbons (Fsp3) is 0.458. The molecule has 0 unspecified atom stereocenters. The maximum Gasteiger partial charge on any atom is 0.230 e. The van der Waals surface area contributed by atoms with Crippen LogP contribution in [0.3, 0.4) is 0 Å². The van der Waals surface area contributed by atoms with E-state index in [1.807, 2.05) is 30.3 Å². The van der Waals surface area contributed by atoms with Crippen LogP contribution in [0.1, 0.15) is 49.1 Å². The second kappa shape index (κ2) is 7.18. The lowest BCUT2D eigenvalue weighted by Crippen LogP contribution is -2.54. The van der Waals surface area contributed by atoms with E-state index in [1.165, 1.54) is 0 Å². The first-order valence-corrected chi connectivity index (χ1v) is 10.6. The molecule has 1 aliphatic carbocycles. The largest absolute Gasteiger partial charge is 0.355 e. The molecule has 1 spiro atoms. The molecule has 3 heterocycles. The third kappa shape index (κ3) is 3.37. The number of amides is 1. The van der Waals surface area contributed by atoms with Crippen LogP contribution in [-0.2, 0) is 4.79 Å². The van der Waals surface area contributed by atoms with Gasteiger partial charge < -0.3 is 9.80 Å². The van der Waals surface area contributed by atoms with E-state index in [0.29, 0.717) is 17.5 Å². The Morgan fingerprint density at radius 2 is 1.83 bits per heavy atom. The molecule has 0 bridgehead atoms. The molecular formula is C24H26N4O. The lowest BCUT2D eigenvalue weighted by atomic mass is 9.67. The van der Waals surface area contributed by atoms with Gasteiger partial charge in [-0.15, -0.1) is 0 Å². The van der Waals surface area contributed by atoms with Gasteiger partial charge in [0.05, 0.1) is 11.5 Å². The molecule has 2 aliphatic heterocycles. The van der Waals surface area contributed by atoms with Crippen molar-refractivity contribution in [2.24, 2.45) is 5.41 Å². The van der Waals surface area contributed by atoms with Crippen LogP contribution in [0.2, 0.25) is 0 Å². The number of benzene rings is 1. The van der Waals surface area contributed by atoms with Gasteiger partial charge in [0.25, 0.3) is 0 Å². The molecule has 1 amide bonds. The Labute approximate surface area is 172 Å². The summed E-state index contributed by atoms with van der Waals surface area (Å²) in [5.41, 5.74) is 1.96. The molecule has 1 aromatic heterocycles. The molecule has 29 heavy (non-hydrogen) atoms. The van der Waals surface area contributed by atoms with Crippen LogP contribution in [0.5, 0.6) is 0 Å². The van der Waals surface area contributed by atoms with Crippen LogP contribution < -0.4 is 4.90 Å². The quantitative estimate of drug-likeness (QED) is 0.807. The number of piperidine rings is 2. The summed E-state index contributed by atoms with van der Waals surface area (Å²) < 4.78 is 0. The van der Waals surface area contributed by atoms with E-state index >= 15 is 0 Å². The van der Waals surface area contributed by atoms with Gasteiger partial charge in [-0.1, -0.05) is 30.3 Å². The fourth-order valence-corrected chi connectivity index (χ4v) is 5.16. The minimum atomic E-state index is -0.0263. The third-order valence-corrected chi connectivity index (χ3v) is 6.94. The van der Waals surface area contributed by atoms with Crippen molar-refractivity contribution in [3.05, 3.63) is 59.8 Å². The van der Waals surface area contributed by atoms with E-state index in [0.717, 1.165) is 63.1 Å². The van der Waals surface area contributed by atoms with E-state index < -0.39 is 0 Å². The minimum absolute atomic E-state index is 0.0263. The number of aromatic nitrogens is 1. The van der Waals surface area contributed by atoms with Crippen molar-refractivity contribution in [2.45, 2.75) is 44.1 Å². The van der Waals surface area contributed by atoms with Crippen LogP contribution in [-0.4, -0.2) is 41.5 Å². The molecule has 5 nitrogen and oxygen atoms in total. The monoisotopic (exact) mass is 386 g/mol. The first-order chi connectivity index (χ1) is 14.2. The van der Waals surface area contributed by atoms with Gasteiger partial charge in [-0.3, -0.25) is 4.79 Å². The van der Waals surface area contributed by atoms with Gasteiger partial charge in [-0.05, 0) is 55.2 Å². The number of nitrogens with zero attached hydrogens (tertiary/aromatic N) is 4. The predicted molar refractivity (Wildman–Crippen MR) is 111 cm³/mol. The maximum atomic E-state index is 13.3. The van der Waals surface area contributed by atoms with Crippen LogP contribution in [0, 0.1) is 16.7 Å². The van der Waals surface area contributed by atoms with Crippen molar-refractivity contribution in [1.29, 1.82) is 5.26 Å². The van der Waals surface area contributed by atoms with Gasteiger partial charge in [0.15, 0.2) is 0 Å². The van der Waals surface area contributed by atoms with Crippen LogP contribution in [0.4, 0.5) is 5.82 Å². The van der Waals surface area contributed by atoms with E-state index in [4.69, 9.17) is 0 Å². The SMILES string of the molecule is N#Cc1cccnc1N1CCC2(CC1)C[C@@H](c1ccccc1)C(=O)N(C1CC1)C2. The summed E-state index contributed by atoms with van der Waals surface area (Å²) in [5.74, 6) is 1.10.